The van der Waals surface area contributed by atoms with Crippen molar-refractivity contribution in [3.8, 4) is 0 Å². The molecule has 1 aromatic heterocycles. The van der Waals surface area contributed by atoms with E-state index in [2.05, 4.69) is 16.8 Å². The van der Waals surface area contributed by atoms with Crippen LogP contribution in [0, 0.1) is 9.87 Å². The number of rotatable bonds is 5. The Balaban J connectivity index is 0.00000242. The number of esters is 1. The number of nitrogens with one attached hydrogen (secondary N) is 1. The Kier molecular flexibility index (Phi) is 7.70. The van der Waals surface area contributed by atoms with E-state index in [1.165, 1.54) is 11.3 Å². The van der Waals surface area contributed by atoms with Crippen LogP contribution in [0.15, 0.2) is 16.5 Å². The van der Waals surface area contributed by atoms with E-state index in [-0.39, 0.29) is 23.3 Å². The Morgan fingerprint density at radius 3 is 2.91 bits per heavy atom. The molecule has 1 saturated carbocycles. The number of aromatic nitrogens is 2. The number of H-pyrrole nitrogens is 1. The average Bonchev–Trinajstić information content (AvgIpc) is 2.84. The van der Waals surface area contributed by atoms with Gasteiger partial charge in [0.15, 0.2) is 8.29 Å². The van der Waals surface area contributed by atoms with Crippen molar-refractivity contribution in [3.05, 3.63) is 16.1 Å². The van der Waals surface area contributed by atoms with Crippen molar-refractivity contribution in [2.45, 2.75) is 41.9 Å². The van der Waals surface area contributed by atoms with Gasteiger partial charge in [0.1, 0.15) is 0 Å². The Morgan fingerprint density at radius 2 is 2.36 bits per heavy atom. The molecular weight excluding hydrogens is 342 g/mol. The van der Waals surface area contributed by atoms with E-state index < -0.39 is 6.10 Å². The van der Waals surface area contributed by atoms with E-state index in [1.54, 1.807) is 18.7 Å². The van der Waals surface area contributed by atoms with E-state index in [9.17, 15) is 9.90 Å². The first-order chi connectivity index (χ1) is 9.95. The topological polar surface area (TPSA) is 110 Å². The maximum Gasteiger partial charge on any atom is 0.333 e. The number of thioether (sulfide) groups is 1. The zero-order valence-electron chi connectivity index (χ0n) is 12.4. The van der Waals surface area contributed by atoms with Crippen molar-refractivity contribution in [3.63, 3.8) is 0 Å². The molecule has 0 bridgehead atoms. The molecular formula is C13H21N3O3S3. The maximum absolute atomic E-state index is 11.4. The van der Waals surface area contributed by atoms with Gasteiger partial charge in [0.25, 0.3) is 0 Å². The molecule has 0 spiro atoms. The maximum atomic E-state index is 11.4. The second kappa shape index (κ2) is 8.78. The van der Waals surface area contributed by atoms with Crippen LogP contribution in [-0.2, 0) is 9.53 Å². The second-order valence-electron chi connectivity index (χ2n) is 5.16. The van der Waals surface area contributed by atoms with Gasteiger partial charge in [-0.05, 0) is 44.3 Å². The molecule has 1 aliphatic carbocycles. The number of aromatic amines is 1. The molecule has 9 heteroatoms. The quantitative estimate of drug-likeness (QED) is 0.419. The van der Waals surface area contributed by atoms with Crippen LogP contribution in [0.2, 0.25) is 0 Å². The molecule has 0 aromatic carbocycles. The van der Waals surface area contributed by atoms with Crippen LogP contribution >= 0.6 is 35.3 Å². The van der Waals surface area contributed by atoms with Gasteiger partial charge in [-0.2, -0.15) is 5.10 Å². The number of aliphatic hydroxyl groups is 1. The minimum Gasteiger partial charge on any atom is -0.462 e. The lowest BCUT2D eigenvalue weighted by molar-refractivity contribution is -0.141. The number of carbonyl (C=O) groups excluding carboxylic acids is 1. The molecule has 22 heavy (non-hydrogen) atoms. The number of carbonyl (C=O) groups is 1. The van der Waals surface area contributed by atoms with Gasteiger partial charge in [-0.15, -0.1) is 0 Å². The largest absolute Gasteiger partial charge is 0.462 e. The molecule has 0 radical (unpaired) electrons. The number of hydrogen-bond acceptors (Lipinski definition) is 8. The molecule has 1 aliphatic rings. The standard InChI is InChI=1S/C13H18N2O3S3.H3N/c1-7(2)11(17)18-6-8-3-4-10(9(16)5-8)20-13-15-14-12(19)21-13;/h8-10,16H,1,3-6H2,2H3,(H,14,19);1H3. The SMILES string of the molecule is C=C(C)C(=O)OCC1CCC(Sc2n[nH]c(=S)s2)C(O)C1.N. The molecule has 1 aromatic rings. The summed E-state index contributed by atoms with van der Waals surface area (Å²) in [5.74, 6) is -0.158. The van der Waals surface area contributed by atoms with Crippen LogP contribution in [0.4, 0.5) is 0 Å². The number of nitrogens with zero attached hydrogens (tertiary/aromatic N) is 1. The van der Waals surface area contributed by atoms with Gasteiger partial charge in [0.05, 0.1) is 12.7 Å². The normalized spacial score (nSPS) is 24.4. The zero-order chi connectivity index (χ0) is 15.4. The molecule has 1 heterocycles. The fourth-order valence-electron chi connectivity index (χ4n) is 2.21. The van der Waals surface area contributed by atoms with Crippen molar-refractivity contribution >= 4 is 41.3 Å². The van der Waals surface area contributed by atoms with Crippen molar-refractivity contribution in [1.82, 2.24) is 16.3 Å². The van der Waals surface area contributed by atoms with Gasteiger partial charge in [0, 0.05) is 10.8 Å². The summed E-state index contributed by atoms with van der Waals surface area (Å²) in [6, 6.07) is 0. The smallest absolute Gasteiger partial charge is 0.333 e. The zero-order valence-corrected chi connectivity index (χ0v) is 14.9. The summed E-state index contributed by atoms with van der Waals surface area (Å²) >= 11 is 7.98. The van der Waals surface area contributed by atoms with Crippen LogP contribution in [-0.4, -0.2) is 39.2 Å². The molecule has 0 amide bonds. The van der Waals surface area contributed by atoms with Crippen LogP contribution in [0.3, 0.4) is 0 Å². The average molecular weight is 364 g/mol. The fourth-order valence-corrected chi connectivity index (χ4v) is 4.68. The minimum absolute atomic E-state index is 0. The summed E-state index contributed by atoms with van der Waals surface area (Å²) in [6.45, 7) is 5.53. The lowest BCUT2D eigenvalue weighted by Crippen LogP contribution is -2.33. The highest BCUT2D eigenvalue weighted by Gasteiger charge is 2.31. The molecule has 6 nitrogen and oxygen atoms in total. The molecule has 3 unspecified atom stereocenters. The summed E-state index contributed by atoms with van der Waals surface area (Å²) < 4.78 is 6.67. The summed E-state index contributed by atoms with van der Waals surface area (Å²) in [7, 11) is 0. The molecule has 2 rings (SSSR count). The van der Waals surface area contributed by atoms with E-state index in [0.717, 1.165) is 17.2 Å². The van der Waals surface area contributed by atoms with E-state index in [4.69, 9.17) is 17.0 Å². The Morgan fingerprint density at radius 1 is 1.64 bits per heavy atom. The lowest BCUT2D eigenvalue weighted by atomic mass is 9.87. The highest BCUT2D eigenvalue weighted by molar-refractivity contribution is 8.01. The summed E-state index contributed by atoms with van der Waals surface area (Å²) in [6.07, 6.45) is 2.01. The van der Waals surface area contributed by atoms with Crippen LogP contribution in [0.25, 0.3) is 0 Å². The Labute approximate surface area is 142 Å². The van der Waals surface area contributed by atoms with E-state index >= 15 is 0 Å². The van der Waals surface area contributed by atoms with Crippen LogP contribution in [0.5, 0.6) is 0 Å². The van der Waals surface area contributed by atoms with Crippen molar-refractivity contribution in [1.29, 1.82) is 0 Å². The third-order valence-electron chi connectivity index (χ3n) is 3.33. The third-order valence-corrected chi connectivity index (χ3v) is 5.90. The van der Waals surface area contributed by atoms with Crippen LogP contribution in [0.1, 0.15) is 26.2 Å². The van der Waals surface area contributed by atoms with E-state index in [0.29, 0.717) is 22.6 Å². The highest BCUT2D eigenvalue weighted by Crippen LogP contribution is 2.37. The first kappa shape index (κ1) is 19.3. The molecule has 0 saturated heterocycles. The highest BCUT2D eigenvalue weighted by atomic mass is 32.2. The molecule has 5 N–H and O–H groups in total. The van der Waals surface area contributed by atoms with Gasteiger partial charge in [-0.25, -0.2) is 4.79 Å². The Bertz CT molecular complexity index is 572. The lowest BCUT2D eigenvalue weighted by Gasteiger charge is -2.31. The molecule has 0 aliphatic heterocycles. The minimum atomic E-state index is -0.422. The number of hydrogen-bond donors (Lipinski definition) is 3. The van der Waals surface area contributed by atoms with Gasteiger partial charge in [0.2, 0.25) is 0 Å². The monoisotopic (exact) mass is 363 g/mol. The summed E-state index contributed by atoms with van der Waals surface area (Å²) in [5.41, 5.74) is 0.402. The van der Waals surface area contributed by atoms with Gasteiger partial charge < -0.3 is 16.0 Å². The van der Waals surface area contributed by atoms with Crippen LogP contribution < -0.4 is 6.15 Å². The van der Waals surface area contributed by atoms with Gasteiger partial charge >= 0.3 is 5.97 Å². The first-order valence-electron chi connectivity index (χ1n) is 6.68. The number of aliphatic hydroxyl groups excluding tert-OH is 1. The summed E-state index contributed by atoms with van der Waals surface area (Å²) in [5, 5.41) is 17.2. The van der Waals surface area contributed by atoms with Crippen molar-refractivity contribution in [2.24, 2.45) is 5.92 Å². The fraction of sp³-hybridized carbons (Fsp3) is 0.615. The molecule has 1 fully saturated rings. The van der Waals surface area contributed by atoms with Gasteiger partial charge in [-0.1, -0.05) is 29.7 Å². The number of ether oxygens (including phenoxy) is 1. The predicted octanol–water partition coefficient (Wildman–Crippen LogP) is 3.10. The predicted molar refractivity (Wildman–Crippen MR) is 91.1 cm³/mol. The summed E-state index contributed by atoms with van der Waals surface area (Å²) in [4.78, 5) is 11.4. The second-order valence-corrected chi connectivity index (χ2v) is 8.31. The van der Waals surface area contributed by atoms with Crippen molar-refractivity contribution < 1.29 is 14.6 Å². The first-order valence-corrected chi connectivity index (χ1v) is 8.79. The Hall–Kier alpha value is -0.740. The van der Waals surface area contributed by atoms with E-state index in [1.807, 2.05) is 0 Å². The van der Waals surface area contributed by atoms with Gasteiger partial charge in [-0.3, -0.25) is 5.10 Å². The van der Waals surface area contributed by atoms with Crippen molar-refractivity contribution in [2.75, 3.05) is 6.61 Å². The third kappa shape index (κ3) is 5.47. The molecule has 124 valence electrons. The molecule has 3 atom stereocenters.